The maximum absolute atomic E-state index is 12.5. The predicted octanol–water partition coefficient (Wildman–Crippen LogP) is 4.39. The molecule has 0 radical (unpaired) electrons. The minimum atomic E-state index is -0.0705. The van der Waals surface area contributed by atoms with Gasteiger partial charge in [-0.1, -0.05) is 12.1 Å². The summed E-state index contributed by atoms with van der Waals surface area (Å²) in [7, 11) is 3.20. The molecule has 0 fully saturated rings. The molecule has 0 saturated heterocycles. The molecular formula is C21H19NO3. The van der Waals surface area contributed by atoms with Gasteiger partial charge in [0.15, 0.2) is 5.78 Å². The van der Waals surface area contributed by atoms with Crippen molar-refractivity contribution in [1.29, 1.82) is 0 Å². The molecule has 0 amide bonds. The van der Waals surface area contributed by atoms with Gasteiger partial charge in [0.05, 0.1) is 14.2 Å². The highest BCUT2D eigenvalue weighted by Crippen LogP contribution is 2.25. The highest BCUT2D eigenvalue weighted by molar-refractivity contribution is 6.07. The van der Waals surface area contributed by atoms with E-state index in [0.29, 0.717) is 17.1 Å². The van der Waals surface area contributed by atoms with Gasteiger partial charge in [0.25, 0.3) is 0 Å². The van der Waals surface area contributed by atoms with Crippen molar-refractivity contribution in [2.75, 3.05) is 14.2 Å². The Hall–Kier alpha value is -3.27. The van der Waals surface area contributed by atoms with E-state index in [0.717, 1.165) is 11.3 Å². The van der Waals surface area contributed by atoms with Crippen molar-refractivity contribution in [2.24, 2.45) is 0 Å². The average molecular weight is 333 g/mol. The highest BCUT2D eigenvalue weighted by Gasteiger charge is 2.06. The number of methoxy groups -OCH3 is 2. The summed E-state index contributed by atoms with van der Waals surface area (Å²) in [6.07, 6.45) is 7.18. The van der Waals surface area contributed by atoms with Crippen LogP contribution in [0.5, 0.6) is 11.5 Å². The van der Waals surface area contributed by atoms with Crippen LogP contribution in [0.4, 0.5) is 0 Å². The number of benzene rings is 2. The van der Waals surface area contributed by atoms with Gasteiger partial charge in [-0.05, 0) is 54.6 Å². The summed E-state index contributed by atoms with van der Waals surface area (Å²) in [5.74, 6) is 1.33. The van der Waals surface area contributed by atoms with E-state index >= 15 is 0 Å². The zero-order chi connectivity index (χ0) is 17.6. The fourth-order valence-corrected chi connectivity index (χ4v) is 2.56. The average Bonchev–Trinajstić information content (AvgIpc) is 3.20. The maximum atomic E-state index is 12.5. The molecule has 0 N–H and O–H groups in total. The van der Waals surface area contributed by atoms with Crippen LogP contribution in [0.15, 0.2) is 73.1 Å². The standard InChI is InChI=1S/C21H19NO3/c1-24-19-9-11-21(25-2)17(15-19)8-10-20(23)16-6-5-7-18(14-16)22-12-3-4-13-22/h3-15H,1-2H3/b10-8+. The molecule has 1 heterocycles. The molecule has 0 unspecified atom stereocenters. The largest absolute Gasteiger partial charge is 0.497 e. The molecule has 3 aromatic rings. The Labute approximate surface area is 146 Å². The smallest absolute Gasteiger partial charge is 0.185 e. The number of carbonyl (C=O) groups is 1. The lowest BCUT2D eigenvalue weighted by atomic mass is 10.1. The van der Waals surface area contributed by atoms with Gasteiger partial charge in [-0.25, -0.2) is 0 Å². The van der Waals surface area contributed by atoms with E-state index < -0.39 is 0 Å². The van der Waals surface area contributed by atoms with Crippen molar-refractivity contribution in [2.45, 2.75) is 0 Å². The molecule has 0 aliphatic heterocycles. The molecule has 4 heteroatoms. The van der Waals surface area contributed by atoms with Crippen molar-refractivity contribution < 1.29 is 14.3 Å². The molecule has 25 heavy (non-hydrogen) atoms. The number of carbonyl (C=O) groups excluding carboxylic acids is 1. The van der Waals surface area contributed by atoms with Crippen molar-refractivity contribution in [3.05, 3.63) is 84.2 Å². The first-order chi connectivity index (χ1) is 12.2. The molecule has 0 aliphatic carbocycles. The molecule has 0 spiro atoms. The Morgan fingerprint density at radius 1 is 0.960 bits per heavy atom. The Morgan fingerprint density at radius 3 is 2.48 bits per heavy atom. The number of rotatable bonds is 6. The monoisotopic (exact) mass is 333 g/mol. The number of hydrogen-bond donors (Lipinski definition) is 0. The quantitative estimate of drug-likeness (QED) is 0.496. The van der Waals surface area contributed by atoms with Crippen molar-refractivity contribution >= 4 is 11.9 Å². The Morgan fingerprint density at radius 2 is 1.76 bits per heavy atom. The van der Waals surface area contributed by atoms with Crippen LogP contribution in [0.3, 0.4) is 0 Å². The van der Waals surface area contributed by atoms with E-state index in [1.165, 1.54) is 0 Å². The molecule has 0 saturated carbocycles. The number of allylic oxidation sites excluding steroid dienone is 1. The second-order valence-electron chi connectivity index (χ2n) is 5.45. The minimum Gasteiger partial charge on any atom is -0.497 e. The first kappa shape index (κ1) is 16.6. The van der Waals surface area contributed by atoms with E-state index in [1.807, 2.05) is 71.6 Å². The summed E-state index contributed by atoms with van der Waals surface area (Å²) in [4.78, 5) is 12.5. The molecular weight excluding hydrogens is 314 g/mol. The van der Waals surface area contributed by atoms with Crippen molar-refractivity contribution in [3.63, 3.8) is 0 Å². The molecule has 0 aliphatic rings. The lowest BCUT2D eigenvalue weighted by Crippen LogP contribution is -1.97. The van der Waals surface area contributed by atoms with Crippen LogP contribution >= 0.6 is 0 Å². The van der Waals surface area contributed by atoms with E-state index in [1.54, 1.807) is 26.4 Å². The summed E-state index contributed by atoms with van der Waals surface area (Å²) < 4.78 is 12.5. The van der Waals surface area contributed by atoms with Crippen molar-refractivity contribution in [1.82, 2.24) is 4.57 Å². The Bertz CT molecular complexity index is 895. The Balaban J connectivity index is 1.85. The van der Waals surface area contributed by atoms with Gasteiger partial charge < -0.3 is 14.0 Å². The molecule has 2 aromatic carbocycles. The number of ketones is 1. The Kier molecular flexibility index (Phi) is 5.00. The topological polar surface area (TPSA) is 40.5 Å². The maximum Gasteiger partial charge on any atom is 0.185 e. The van der Waals surface area contributed by atoms with Gasteiger partial charge in [-0.2, -0.15) is 0 Å². The number of nitrogens with zero attached hydrogens (tertiary/aromatic N) is 1. The lowest BCUT2D eigenvalue weighted by molar-refractivity contribution is 0.104. The first-order valence-electron chi connectivity index (χ1n) is 7.89. The van der Waals surface area contributed by atoms with Crippen LogP contribution < -0.4 is 9.47 Å². The SMILES string of the molecule is COc1ccc(OC)c(/C=C/C(=O)c2cccc(-n3cccc3)c2)c1. The van der Waals surface area contributed by atoms with Crippen LogP contribution in [0, 0.1) is 0 Å². The second kappa shape index (κ2) is 7.53. The summed E-state index contributed by atoms with van der Waals surface area (Å²) in [6, 6.07) is 16.9. The molecule has 0 atom stereocenters. The van der Waals surface area contributed by atoms with Crippen LogP contribution in [0.25, 0.3) is 11.8 Å². The summed E-state index contributed by atoms with van der Waals surface area (Å²) >= 11 is 0. The van der Waals surface area contributed by atoms with E-state index in [9.17, 15) is 4.79 Å². The fraction of sp³-hybridized carbons (Fsp3) is 0.0952. The van der Waals surface area contributed by atoms with Gasteiger partial charge in [0, 0.05) is 29.2 Å². The van der Waals surface area contributed by atoms with Crippen LogP contribution in [0.1, 0.15) is 15.9 Å². The zero-order valence-corrected chi connectivity index (χ0v) is 14.2. The van der Waals surface area contributed by atoms with Crippen LogP contribution in [-0.2, 0) is 0 Å². The number of aromatic nitrogens is 1. The molecule has 4 nitrogen and oxygen atoms in total. The van der Waals surface area contributed by atoms with E-state index in [4.69, 9.17) is 9.47 Å². The fourth-order valence-electron chi connectivity index (χ4n) is 2.56. The van der Waals surface area contributed by atoms with Crippen LogP contribution in [-0.4, -0.2) is 24.6 Å². The van der Waals surface area contributed by atoms with Crippen LogP contribution in [0.2, 0.25) is 0 Å². The lowest BCUT2D eigenvalue weighted by Gasteiger charge is -2.07. The van der Waals surface area contributed by atoms with E-state index in [2.05, 4.69) is 0 Å². The summed E-state index contributed by atoms with van der Waals surface area (Å²) in [5.41, 5.74) is 2.37. The summed E-state index contributed by atoms with van der Waals surface area (Å²) in [5, 5.41) is 0. The third kappa shape index (κ3) is 3.80. The van der Waals surface area contributed by atoms with Gasteiger partial charge in [0.1, 0.15) is 11.5 Å². The molecule has 3 rings (SSSR count). The van der Waals surface area contributed by atoms with Gasteiger partial charge in [0.2, 0.25) is 0 Å². The van der Waals surface area contributed by atoms with E-state index in [-0.39, 0.29) is 5.78 Å². The van der Waals surface area contributed by atoms with Gasteiger partial charge in [-0.15, -0.1) is 0 Å². The van der Waals surface area contributed by atoms with Gasteiger partial charge >= 0.3 is 0 Å². The normalized spacial score (nSPS) is 10.8. The third-order valence-electron chi connectivity index (χ3n) is 3.88. The first-order valence-corrected chi connectivity index (χ1v) is 7.89. The third-order valence-corrected chi connectivity index (χ3v) is 3.88. The highest BCUT2D eigenvalue weighted by atomic mass is 16.5. The van der Waals surface area contributed by atoms with Gasteiger partial charge in [-0.3, -0.25) is 4.79 Å². The summed E-state index contributed by atoms with van der Waals surface area (Å²) in [6.45, 7) is 0. The minimum absolute atomic E-state index is 0.0705. The number of ether oxygens (including phenoxy) is 2. The molecule has 1 aromatic heterocycles. The second-order valence-corrected chi connectivity index (χ2v) is 5.45. The molecule has 126 valence electrons. The van der Waals surface area contributed by atoms with Crippen molar-refractivity contribution in [3.8, 4) is 17.2 Å². The zero-order valence-electron chi connectivity index (χ0n) is 14.2. The predicted molar refractivity (Wildman–Crippen MR) is 98.7 cm³/mol. The molecule has 0 bridgehead atoms. The number of hydrogen-bond acceptors (Lipinski definition) is 3.